The molecule has 2 aromatic carbocycles. The lowest BCUT2D eigenvalue weighted by molar-refractivity contribution is 0.101. The van der Waals surface area contributed by atoms with Gasteiger partial charge in [0.05, 0.1) is 16.3 Å². The van der Waals surface area contributed by atoms with Crippen LogP contribution in [0.15, 0.2) is 30.3 Å². The minimum atomic E-state index is -0.755. The minimum absolute atomic E-state index is 0.0207. The molecule has 7 heteroatoms. The zero-order valence-electron chi connectivity index (χ0n) is 12.0. The Morgan fingerprint density at radius 1 is 1.22 bits per heavy atom. The Kier molecular flexibility index (Phi) is 3.92. The van der Waals surface area contributed by atoms with Crippen LogP contribution in [0.2, 0.25) is 5.02 Å². The zero-order chi connectivity index (χ0) is 16.6. The van der Waals surface area contributed by atoms with Crippen molar-refractivity contribution in [1.82, 2.24) is 0 Å². The standard InChI is InChI=1S/C16H11ClFNO4/c1-8(20)9-5-13-14(23-7-22-13)6-12(9)19-16(21)15-10(17)3-2-4-11(15)18/h2-6H,7H2,1H3,(H,19,21). The van der Waals surface area contributed by atoms with Crippen molar-refractivity contribution in [3.05, 3.63) is 52.3 Å². The van der Waals surface area contributed by atoms with E-state index in [0.717, 1.165) is 6.07 Å². The molecule has 3 rings (SSSR count). The highest BCUT2D eigenvalue weighted by Crippen LogP contribution is 2.37. The summed E-state index contributed by atoms with van der Waals surface area (Å²) in [5.41, 5.74) is 0.141. The van der Waals surface area contributed by atoms with E-state index in [1.807, 2.05) is 0 Å². The van der Waals surface area contributed by atoms with Crippen LogP contribution in [0, 0.1) is 5.82 Å². The predicted molar refractivity (Wildman–Crippen MR) is 81.9 cm³/mol. The van der Waals surface area contributed by atoms with Crippen LogP contribution in [0.25, 0.3) is 0 Å². The number of Topliss-reactive ketones (excluding diaryl/α,β-unsaturated/α-hetero) is 1. The lowest BCUT2D eigenvalue weighted by Crippen LogP contribution is -2.16. The fraction of sp³-hybridized carbons (Fsp3) is 0.125. The van der Waals surface area contributed by atoms with E-state index in [1.54, 1.807) is 0 Å². The van der Waals surface area contributed by atoms with Crippen LogP contribution >= 0.6 is 11.6 Å². The van der Waals surface area contributed by atoms with Gasteiger partial charge in [-0.25, -0.2) is 4.39 Å². The third kappa shape index (κ3) is 2.85. The quantitative estimate of drug-likeness (QED) is 0.869. The molecule has 0 fully saturated rings. The Labute approximate surface area is 136 Å². The zero-order valence-corrected chi connectivity index (χ0v) is 12.7. The van der Waals surface area contributed by atoms with Crippen molar-refractivity contribution in [2.24, 2.45) is 0 Å². The minimum Gasteiger partial charge on any atom is -0.454 e. The number of benzene rings is 2. The molecule has 5 nitrogen and oxygen atoms in total. The molecular weight excluding hydrogens is 325 g/mol. The summed E-state index contributed by atoms with van der Waals surface area (Å²) >= 11 is 5.87. The predicted octanol–water partition coefficient (Wildman–Crippen LogP) is 3.66. The summed E-state index contributed by atoms with van der Waals surface area (Å²) in [6.45, 7) is 1.38. The molecule has 118 valence electrons. The van der Waals surface area contributed by atoms with E-state index in [-0.39, 0.29) is 34.4 Å². The normalized spacial score (nSPS) is 12.1. The highest BCUT2D eigenvalue weighted by molar-refractivity contribution is 6.34. The van der Waals surface area contributed by atoms with E-state index in [4.69, 9.17) is 21.1 Å². The SMILES string of the molecule is CC(=O)c1cc2c(cc1NC(=O)c1c(F)cccc1Cl)OCO2. The second-order valence-corrected chi connectivity index (χ2v) is 5.27. The number of fused-ring (bicyclic) bond motifs is 1. The van der Waals surface area contributed by atoms with Crippen LogP contribution in [0.3, 0.4) is 0 Å². The van der Waals surface area contributed by atoms with Gasteiger partial charge in [0.2, 0.25) is 6.79 Å². The summed E-state index contributed by atoms with van der Waals surface area (Å²) in [5.74, 6) is -0.977. The Bertz CT molecular complexity index is 802. The molecule has 0 saturated carbocycles. The third-order valence-electron chi connectivity index (χ3n) is 3.33. The van der Waals surface area contributed by atoms with Gasteiger partial charge < -0.3 is 14.8 Å². The number of ether oxygens (including phenoxy) is 2. The number of rotatable bonds is 3. The van der Waals surface area contributed by atoms with Gasteiger partial charge >= 0.3 is 0 Å². The van der Waals surface area contributed by atoms with E-state index in [2.05, 4.69) is 5.32 Å². The number of halogens is 2. The molecule has 0 aliphatic carbocycles. The summed E-state index contributed by atoms with van der Waals surface area (Å²) in [5, 5.41) is 2.48. The van der Waals surface area contributed by atoms with Gasteiger partial charge in [0.15, 0.2) is 17.3 Å². The number of nitrogens with one attached hydrogen (secondary N) is 1. The second kappa shape index (κ2) is 5.89. The highest BCUT2D eigenvalue weighted by atomic mass is 35.5. The number of carbonyl (C=O) groups is 2. The summed E-state index contributed by atoms with van der Waals surface area (Å²) in [6, 6.07) is 6.88. The number of anilines is 1. The molecule has 0 saturated heterocycles. The summed E-state index contributed by atoms with van der Waals surface area (Å²) in [6.07, 6.45) is 0. The molecule has 1 heterocycles. The molecule has 0 radical (unpaired) electrons. The molecule has 1 N–H and O–H groups in total. The van der Waals surface area contributed by atoms with Crippen molar-refractivity contribution >= 4 is 29.0 Å². The lowest BCUT2D eigenvalue weighted by atomic mass is 10.1. The van der Waals surface area contributed by atoms with E-state index in [0.29, 0.717) is 11.5 Å². The van der Waals surface area contributed by atoms with Crippen molar-refractivity contribution in [2.45, 2.75) is 6.92 Å². The van der Waals surface area contributed by atoms with Crippen molar-refractivity contribution in [2.75, 3.05) is 12.1 Å². The molecule has 2 aromatic rings. The van der Waals surface area contributed by atoms with Crippen LogP contribution in [-0.4, -0.2) is 18.5 Å². The van der Waals surface area contributed by atoms with E-state index in [9.17, 15) is 14.0 Å². The molecule has 0 atom stereocenters. The van der Waals surface area contributed by atoms with E-state index in [1.165, 1.54) is 31.2 Å². The molecular formula is C16H11ClFNO4. The first-order valence-corrected chi connectivity index (χ1v) is 7.05. The van der Waals surface area contributed by atoms with Crippen LogP contribution < -0.4 is 14.8 Å². The molecule has 0 bridgehead atoms. The molecule has 0 spiro atoms. The molecule has 23 heavy (non-hydrogen) atoms. The number of hydrogen-bond donors (Lipinski definition) is 1. The Morgan fingerprint density at radius 2 is 1.91 bits per heavy atom. The van der Waals surface area contributed by atoms with Gasteiger partial charge in [0.1, 0.15) is 5.82 Å². The summed E-state index contributed by atoms with van der Waals surface area (Å²) < 4.78 is 24.3. The van der Waals surface area contributed by atoms with Gasteiger partial charge in [-0.3, -0.25) is 9.59 Å². The smallest absolute Gasteiger partial charge is 0.260 e. The first-order chi connectivity index (χ1) is 11.0. The summed E-state index contributed by atoms with van der Waals surface area (Å²) in [4.78, 5) is 24.1. The largest absolute Gasteiger partial charge is 0.454 e. The summed E-state index contributed by atoms with van der Waals surface area (Å²) in [7, 11) is 0. The van der Waals surface area contributed by atoms with Crippen LogP contribution in [0.4, 0.5) is 10.1 Å². The topological polar surface area (TPSA) is 64.6 Å². The maximum atomic E-state index is 13.8. The fourth-order valence-corrected chi connectivity index (χ4v) is 2.49. The van der Waals surface area contributed by atoms with Gasteiger partial charge in [-0.15, -0.1) is 0 Å². The molecule has 1 amide bonds. The van der Waals surface area contributed by atoms with E-state index >= 15 is 0 Å². The Balaban J connectivity index is 1.99. The number of ketones is 1. The third-order valence-corrected chi connectivity index (χ3v) is 3.65. The van der Waals surface area contributed by atoms with Crippen molar-refractivity contribution in [1.29, 1.82) is 0 Å². The van der Waals surface area contributed by atoms with Gasteiger partial charge in [-0.2, -0.15) is 0 Å². The van der Waals surface area contributed by atoms with Crippen molar-refractivity contribution < 1.29 is 23.5 Å². The molecule has 1 aliphatic heterocycles. The van der Waals surface area contributed by atoms with Crippen LogP contribution in [0.1, 0.15) is 27.6 Å². The van der Waals surface area contributed by atoms with E-state index < -0.39 is 11.7 Å². The van der Waals surface area contributed by atoms with Crippen molar-refractivity contribution in [3.63, 3.8) is 0 Å². The molecule has 0 unspecified atom stereocenters. The molecule has 0 aromatic heterocycles. The first-order valence-electron chi connectivity index (χ1n) is 6.67. The Morgan fingerprint density at radius 3 is 2.57 bits per heavy atom. The van der Waals surface area contributed by atoms with Crippen LogP contribution in [0.5, 0.6) is 11.5 Å². The molecule has 1 aliphatic rings. The fourth-order valence-electron chi connectivity index (χ4n) is 2.24. The van der Waals surface area contributed by atoms with Gasteiger partial charge in [-0.1, -0.05) is 17.7 Å². The van der Waals surface area contributed by atoms with Crippen molar-refractivity contribution in [3.8, 4) is 11.5 Å². The first kappa shape index (κ1) is 15.3. The number of amides is 1. The number of hydrogen-bond acceptors (Lipinski definition) is 4. The monoisotopic (exact) mass is 335 g/mol. The van der Waals surface area contributed by atoms with Gasteiger partial charge in [0.25, 0.3) is 5.91 Å². The second-order valence-electron chi connectivity index (χ2n) is 4.86. The average molecular weight is 336 g/mol. The average Bonchev–Trinajstić information content (AvgIpc) is 2.93. The number of carbonyl (C=O) groups excluding carboxylic acids is 2. The highest BCUT2D eigenvalue weighted by Gasteiger charge is 2.22. The maximum absolute atomic E-state index is 13.8. The van der Waals surface area contributed by atoms with Crippen LogP contribution in [-0.2, 0) is 0 Å². The van der Waals surface area contributed by atoms with Gasteiger partial charge in [-0.05, 0) is 25.1 Å². The van der Waals surface area contributed by atoms with Gasteiger partial charge in [0, 0.05) is 11.6 Å². The maximum Gasteiger partial charge on any atom is 0.260 e. The lowest BCUT2D eigenvalue weighted by Gasteiger charge is -2.11. The Hall–Kier alpha value is -2.60.